The largest absolute Gasteiger partial charge is 0.481 e. The predicted octanol–water partition coefficient (Wildman–Crippen LogP) is 3.66. The van der Waals surface area contributed by atoms with Crippen molar-refractivity contribution in [3.63, 3.8) is 0 Å². The van der Waals surface area contributed by atoms with Gasteiger partial charge in [-0.25, -0.2) is 4.79 Å². The molecule has 1 unspecified atom stereocenters. The number of carboxylic acids is 1. The molecule has 27 heavy (non-hydrogen) atoms. The van der Waals surface area contributed by atoms with E-state index in [1.54, 1.807) is 0 Å². The van der Waals surface area contributed by atoms with Crippen LogP contribution in [-0.2, 0) is 16.1 Å². The molecule has 0 aliphatic carbocycles. The average Bonchev–Trinajstić information content (AvgIpc) is 2.56. The fourth-order valence-corrected chi connectivity index (χ4v) is 3.72. The molecule has 0 radical (unpaired) electrons. The smallest absolute Gasteiger partial charge is 0.407 e. The third kappa shape index (κ3) is 6.54. The number of nitrogens with zero attached hydrogens (tertiary/aromatic N) is 1. The number of nitrogens with one attached hydrogen (secondary N) is 1. The Morgan fingerprint density at radius 3 is 2.48 bits per heavy atom. The van der Waals surface area contributed by atoms with Crippen molar-refractivity contribution >= 4 is 12.1 Å². The van der Waals surface area contributed by atoms with Crippen molar-refractivity contribution in [3.05, 3.63) is 35.9 Å². The van der Waals surface area contributed by atoms with Gasteiger partial charge in [-0.1, -0.05) is 37.3 Å². The Labute approximate surface area is 161 Å². The third-order valence-electron chi connectivity index (χ3n) is 4.91. The van der Waals surface area contributed by atoms with E-state index in [1.165, 1.54) is 0 Å². The summed E-state index contributed by atoms with van der Waals surface area (Å²) in [5.41, 5.74) is 0.599. The van der Waals surface area contributed by atoms with Crippen LogP contribution in [0.15, 0.2) is 30.3 Å². The maximum atomic E-state index is 12.1. The van der Waals surface area contributed by atoms with E-state index in [0.717, 1.165) is 18.4 Å². The van der Waals surface area contributed by atoms with Gasteiger partial charge in [-0.3, -0.25) is 9.69 Å². The summed E-state index contributed by atoms with van der Waals surface area (Å²) < 4.78 is 5.36. The number of carbonyl (C=O) groups excluding carboxylic acids is 1. The number of carboxylic acid groups (broad SMARTS) is 1. The summed E-state index contributed by atoms with van der Waals surface area (Å²) in [6, 6.07) is 9.94. The third-order valence-corrected chi connectivity index (χ3v) is 4.91. The van der Waals surface area contributed by atoms with Crippen molar-refractivity contribution in [1.82, 2.24) is 10.2 Å². The lowest BCUT2D eigenvalue weighted by molar-refractivity contribution is -0.145. The number of rotatable bonds is 6. The van der Waals surface area contributed by atoms with Crippen LogP contribution in [0.5, 0.6) is 0 Å². The Bertz CT molecular complexity index is 627. The van der Waals surface area contributed by atoms with Crippen molar-refractivity contribution in [2.45, 2.75) is 71.2 Å². The van der Waals surface area contributed by atoms with Gasteiger partial charge in [0, 0.05) is 25.2 Å². The number of ether oxygens (including phenoxy) is 1. The minimum atomic E-state index is -0.751. The van der Waals surface area contributed by atoms with E-state index in [4.69, 9.17) is 4.74 Å². The lowest BCUT2D eigenvalue weighted by Crippen LogP contribution is -2.55. The summed E-state index contributed by atoms with van der Waals surface area (Å²) in [6.07, 6.45) is 1.66. The summed E-state index contributed by atoms with van der Waals surface area (Å²) in [5, 5.41) is 12.6. The van der Waals surface area contributed by atoms with Crippen molar-refractivity contribution in [2.24, 2.45) is 5.92 Å². The van der Waals surface area contributed by atoms with Crippen LogP contribution in [0.25, 0.3) is 0 Å². The number of carbonyl (C=O) groups is 2. The first-order valence-electron chi connectivity index (χ1n) is 9.70. The van der Waals surface area contributed by atoms with Gasteiger partial charge in [0.2, 0.25) is 0 Å². The van der Waals surface area contributed by atoms with Gasteiger partial charge in [-0.05, 0) is 45.6 Å². The molecule has 1 aromatic rings. The zero-order valence-electron chi connectivity index (χ0n) is 16.8. The second-order valence-corrected chi connectivity index (χ2v) is 8.26. The van der Waals surface area contributed by atoms with Gasteiger partial charge in [-0.15, -0.1) is 0 Å². The molecule has 6 heteroatoms. The molecular weight excluding hydrogens is 344 g/mol. The Kier molecular flexibility index (Phi) is 7.25. The van der Waals surface area contributed by atoms with Crippen molar-refractivity contribution in [2.75, 3.05) is 6.54 Å². The minimum absolute atomic E-state index is 0.0376. The molecule has 0 spiro atoms. The molecule has 150 valence electrons. The van der Waals surface area contributed by atoms with Crippen molar-refractivity contribution in [3.8, 4) is 0 Å². The Balaban J connectivity index is 2.10. The second-order valence-electron chi connectivity index (χ2n) is 8.26. The molecule has 1 saturated heterocycles. The topological polar surface area (TPSA) is 78.9 Å². The molecule has 1 fully saturated rings. The van der Waals surface area contributed by atoms with Gasteiger partial charge in [0.05, 0.1) is 5.92 Å². The predicted molar refractivity (Wildman–Crippen MR) is 104 cm³/mol. The summed E-state index contributed by atoms with van der Waals surface area (Å²) in [7, 11) is 0. The van der Waals surface area contributed by atoms with Gasteiger partial charge in [0.15, 0.2) is 0 Å². The van der Waals surface area contributed by atoms with Gasteiger partial charge < -0.3 is 15.2 Å². The number of hydrogen-bond donors (Lipinski definition) is 2. The summed E-state index contributed by atoms with van der Waals surface area (Å²) in [6.45, 7) is 8.71. The van der Waals surface area contributed by atoms with Gasteiger partial charge >= 0.3 is 12.1 Å². The first-order valence-corrected chi connectivity index (χ1v) is 9.70. The molecule has 1 amide bonds. The highest BCUT2D eigenvalue weighted by atomic mass is 16.6. The van der Waals surface area contributed by atoms with E-state index in [-0.39, 0.29) is 12.1 Å². The Morgan fingerprint density at radius 2 is 1.93 bits per heavy atom. The number of aliphatic carboxylic acids is 1. The maximum absolute atomic E-state index is 12.1. The van der Waals surface area contributed by atoms with E-state index in [0.29, 0.717) is 19.5 Å². The monoisotopic (exact) mass is 376 g/mol. The molecule has 0 bridgehead atoms. The van der Waals surface area contributed by atoms with Gasteiger partial charge in [-0.2, -0.15) is 0 Å². The SMILES string of the molecule is CCC(C(=O)O)[C@@H]1CC[C@H](NC(=O)OC(C)(C)C)CN1Cc1ccccc1. The van der Waals surface area contributed by atoms with Gasteiger partial charge in [0.1, 0.15) is 5.60 Å². The molecule has 3 atom stereocenters. The van der Waals surface area contributed by atoms with Crippen LogP contribution >= 0.6 is 0 Å². The van der Waals surface area contributed by atoms with Crippen LogP contribution in [0.2, 0.25) is 0 Å². The molecule has 6 nitrogen and oxygen atoms in total. The zero-order chi connectivity index (χ0) is 20.0. The fraction of sp³-hybridized carbons (Fsp3) is 0.619. The van der Waals surface area contributed by atoms with Crippen LogP contribution in [0.3, 0.4) is 0 Å². The Hall–Kier alpha value is -2.08. The van der Waals surface area contributed by atoms with E-state index in [9.17, 15) is 14.7 Å². The lowest BCUT2D eigenvalue weighted by atomic mass is 9.86. The van der Waals surface area contributed by atoms with Crippen LogP contribution in [0.4, 0.5) is 4.79 Å². The number of benzene rings is 1. The lowest BCUT2D eigenvalue weighted by Gasteiger charge is -2.42. The highest BCUT2D eigenvalue weighted by molar-refractivity contribution is 5.71. The Morgan fingerprint density at radius 1 is 1.26 bits per heavy atom. The number of likely N-dealkylation sites (tertiary alicyclic amines) is 1. The molecule has 1 heterocycles. The van der Waals surface area contributed by atoms with E-state index in [1.807, 2.05) is 58.0 Å². The standard InChI is InChI=1S/C21H32N2O4/c1-5-17(19(24)25)18-12-11-16(22-20(26)27-21(2,3)4)14-23(18)13-15-9-7-6-8-10-15/h6-10,16-18H,5,11-14H2,1-4H3,(H,22,26)(H,24,25)/t16-,17?,18-/m0/s1. The van der Waals surface area contributed by atoms with Crippen LogP contribution < -0.4 is 5.32 Å². The highest BCUT2D eigenvalue weighted by Gasteiger charge is 2.37. The number of alkyl carbamates (subject to hydrolysis) is 1. The highest BCUT2D eigenvalue weighted by Crippen LogP contribution is 2.28. The number of hydrogen-bond acceptors (Lipinski definition) is 4. The van der Waals surface area contributed by atoms with E-state index < -0.39 is 23.6 Å². The molecule has 2 rings (SSSR count). The van der Waals surface area contributed by atoms with Crippen LogP contribution in [0.1, 0.15) is 52.5 Å². The molecule has 0 aromatic heterocycles. The van der Waals surface area contributed by atoms with E-state index in [2.05, 4.69) is 10.2 Å². The van der Waals surface area contributed by atoms with Crippen LogP contribution in [-0.4, -0.2) is 46.3 Å². The zero-order valence-corrected chi connectivity index (χ0v) is 16.8. The van der Waals surface area contributed by atoms with Crippen molar-refractivity contribution < 1.29 is 19.4 Å². The normalized spacial score (nSPS) is 22.1. The molecule has 1 aliphatic rings. The summed E-state index contributed by atoms with van der Waals surface area (Å²) in [4.78, 5) is 26.1. The minimum Gasteiger partial charge on any atom is -0.481 e. The molecular formula is C21H32N2O4. The summed E-state index contributed by atoms with van der Waals surface area (Å²) >= 11 is 0. The first-order chi connectivity index (χ1) is 12.7. The molecule has 0 saturated carbocycles. The number of piperidine rings is 1. The average molecular weight is 376 g/mol. The first kappa shape index (κ1) is 21.2. The summed E-state index contributed by atoms with van der Waals surface area (Å²) in [5.74, 6) is -1.16. The fourth-order valence-electron chi connectivity index (χ4n) is 3.72. The van der Waals surface area contributed by atoms with Crippen molar-refractivity contribution in [1.29, 1.82) is 0 Å². The molecule has 1 aromatic carbocycles. The molecule has 1 aliphatic heterocycles. The van der Waals surface area contributed by atoms with Gasteiger partial charge in [0.25, 0.3) is 0 Å². The van der Waals surface area contributed by atoms with Crippen LogP contribution in [0, 0.1) is 5.92 Å². The quantitative estimate of drug-likeness (QED) is 0.792. The number of amides is 1. The van der Waals surface area contributed by atoms with E-state index >= 15 is 0 Å². The maximum Gasteiger partial charge on any atom is 0.407 e. The molecule has 2 N–H and O–H groups in total. The second kappa shape index (κ2) is 9.22.